The lowest BCUT2D eigenvalue weighted by Gasteiger charge is -2.16. The van der Waals surface area contributed by atoms with E-state index < -0.39 is 0 Å². The van der Waals surface area contributed by atoms with Crippen molar-refractivity contribution in [2.45, 2.75) is 19.9 Å². The minimum Gasteiger partial charge on any atom is -0.492 e. The molecule has 0 fully saturated rings. The van der Waals surface area contributed by atoms with Crippen LogP contribution in [0.1, 0.15) is 24.1 Å². The van der Waals surface area contributed by atoms with Gasteiger partial charge in [0.2, 0.25) is 0 Å². The summed E-state index contributed by atoms with van der Waals surface area (Å²) in [4.78, 5) is 0. The predicted molar refractivity (Wildman–Crippen MR) is 79.5 cm³/mol. The molecule has 0 saturated heterocycles. The van der Waals surface area contributed by atoms with Crippen molar-refractivity contribution in [2.75, 3.05) is 13.2 Å². The minimum atomic E-state index is 0.348. The molecule has 0 bridgehead atoms. The normalized spacial score (nSPS) is 12.1. The van der Waals surface area contributed by atoms with E-state index >= 15 is 0 Å². The second-order valence-corrected chi connectivity index (χ2v) is 4.69. The van der Waals surface area contributed by atoms with E-state index in [0.717, 1.165) is 12.3 Å². The van der Waals surface area contributed by atoms with Crippen LogP contribution in [0.15, 0.2) is 54.6 Å². The van der Waals surface area contributed by atoms with E-state index in [0.29, 0.717) is 12.6 Å². The first-order chi connectivity index (χ1) is 9.27. The van der Waals surface area contributed by atoms with Crippen LogP contribution in [0.4, 0.5) is 0 Å². The Morgan fingerprint density at radius 2 is 1.68 bits per heavy atom. The number of benzene rings is 2. The van der Waals surface area contributed by atoms with Crippen molar-refractivity contribution in [3.8, 4) is 5.75 Å². The highest BCUT2D eigenvalue weighted by atomic mass is 16.5. The maximum absolute atomic E-state index is 5.66. The number of rotatable bonds is 6. The van der Waals surface area contributed by atoms with E-state index in [1.54, 1.807) is 0 Å². The fraction of sp³-hybridized carbons (Fsp3) is 0.294. The zero-order chi connectivity index (χ0) is 13.5. The number of aryl methyl sites for hydroxylation is 1. The van der Waals surface area contributed by atoms with Crippen LogP contribution >= 0.6 is 0 Å². The molecule has 100 valence electrons. The van der Waals surface area contributed by atoms with Crippen LogP contribution in [-0.4, -0.2) is 13.2 Å². The van der Waals surface area contributed by atoms with Gasteiger partial charge in [0.05, 0.1) is 0 Å². The molecular weight excluding hydrogens is 234 g/mol. The fourth-order valence-electron chi connectivity index (χ4n) is 2.14. The molecule has 0 amide bonds. The highest BCUT2D eigenvalue weighted by Crippen LogP contribution is 2.16. The lowest BCUT2D eigenvalue weighted by atomic mass is 10.0. The SMILES string of the molecule is Cc1ccccc1C(C)NCCOc1ccccc1. The van der Waals surface area contributed by atoms with Gasteiger partial charge in [-0.3, -0.25) is 0 Å². The number of ether oxygens (including phenoxy) is 1. The molecule has 1 N–H and O–H groups in total. The second kappa shape index (κ2) is 6.95. The Balaban J connectivity index is 1.76. The molecule has 2 heteroatoms. The first-order valence-corrected chi connectivity index (χ1v) is 6.74. The lowest BCUT2D eigenvalue weighted by molar-refractivity contribution is 0.307. The molecule has 0 heterocycles. The summed E-state index contributed by atoms with van der Waals surface area (Å²) in [5.74, 6) is 0.924. The summed E-state index contributed by atoms with van der Waals surface area (Å²) in [5, 5.41) is 3.48. The summed E-state index contributed by atoms with van der Waals surface area (Å²) >= 11 is 0. The van der Waals surface area contributed by atoms with Gasteiger partial charge >= 0.3 is 0 Å². The molecular formula is C17H21NO. The van der Waals surface area contributed by atoms with Crippen LogP contribution in [0.3, 0.4) is 0 Å². The monoisotopic (exact) mass is 255 g/mol. The van der Waals surface area contributed by atoms with E-state index in [4.69, 9.17) is 4.74 Å². The summed E-state index contributed by atoms with van der Waals surface area (Å²) in [6.07, 6.45) is 0. The van der Waals surface area contributed by atoms with Gasteiger partial charge in [0, 0.05) is 12.6 Å². The molecule has 2 nitrogen and oxygen atoms in total. The van der Waals surface area contributed by atoms with Crippen molar-refractivity contribution < 1.29 is 4.74 Å². The van der Waals surface area contributed by atoms with E-state index in [-0.39, 0.29) is 0 Å². The molecule has 1 unspecified atom stereocenters. The molecule has 0 spiro atoms. The standard InChI is InChI=1S/C17H21NO/c1-14-8-6-7-11-17(14)15(2)18-12-13-19-16-9-4-3-5-10-16/h3-11,15,18H,12-13H2,1-2H3. The van der Waals surface area contributed by atoms with Gasteiger partial charge in [-0.1, -0.05) is 42.5 Å². The summed E-state index contributed by atoms with van der Waals surface area (Å²) in [6, 6.07) is 18.7. The van der Waals surface area contributed by atoms with Crippen molar-refractivity contribution in [3.63, 3.8) is 0 Å². The summed E-state index contributed by atoms with van der Waals surface area (Å²) in [6.45, 7) is 5.85. The van der Waals surface area contributed by atoms with Crippen molar-refractivity contribution >= 4 is 0 Å². The highest BCUT2D eigenvalue weighted by Gasteiger charge is 2.06. The third-order valence-electron chi connectivity index (χ3n) is 3.22. The van der Waals surface area contributed by atoms with E-state index in [9.17, 15) is 0 Å². The van der Waals surface area contributed by atoms with Gasteiger partial charge in [0.1, 0.15) is 12.4 Å². The fourth-order valence-corrected chi connectivity index (χ4v) is 2.14. The highest BCUT2D eigenvalue weighted by molar-refractivity contribution is 5.28. The maximum atomic E-state index is 5.66. The van der Waals surface area contributed by atoms with Gasteiger partial charge in [-0.2, -0.15) is 0 Å². The van der Waals surface area contributed by atoms with Crippen LogP contribution in [0, 0.1) is 6.92 Å². The van der Waals surface area contributed by atoms with Gasteiger partial charge in [-0.15, -0.1) is 0 Å². The molecule has 2 rings (SSSR count). The van der Waals surface area contributed by atoms with Crippen LogP contribution in [0.2, 0.25) is 0 Å². The van der Waals surface area contributed by atoms with E-state index in [1.165, 1.54) is 11.1 Å². The molecule has 0 aliphatic rings. The third-order valence-corrected chi connectivity index (χ3v) is 3.22. The average Bonchev–Trinajstić information content (AvgIpc) is 2.45. The molecule has 0 radical (unpaired) electrons. The van der Waals surface area contributed by atoms with E-state index in [2.05, 4.69) is 43.4 Å². The average molecular weight is 255 g/mol. The smallest absolute Gasteiger partial charge is 0.119 e. The molecule has 0 aromatic heterocycles. The Bertz CT molecular complexity index is 496. The van der Waals surface area contributed by atoms with Gasteiger partial charge in [-0.05, 0) is 37.1 Å². The van der Waals surface area contributed by atoms with Crippen LogP contribution < -0.4 is 10.1 Å². The van der Waals surface area contributed by atoms with Crippen LogP contribution in [0.25, 0.3) is 0 Å². The first kappa shape index (κ1) is 13.6. The zero-order valence-electron chi connectivity index (χ0n) is 11.6. The quantitative estimate of drug-likeness (QED) is 0.794. The Morgan fingerprint density at radius 1 is 1.00 bits per heavy atom. The lowest BCUT2D eigenvalue weighted by Crippen LogP contribution is -2.24. The number of nitrogens with one attached hydrogen (secondary N) is 1. The van der Waals surface area contributed by atoms with Crippen molar-refractivity contribution in [3.05, 3.63) is 65.7 Å². The van der Waals surface area contributed by atoms with Crippen molar-refractivity contribution in [2.24, 2.45) is 0 Å². The van der Waals surface area contributed by atoms with Crippen LogP contribution in [0.5, 0.6) is 5.75 Å². The molecule has 0 aliphatic heterocycles. The number of hydrogen-bond donors (Lipinski definition) is 1. The molecule has 19 heavy (non-hydrogen) atoms. The molecule has 1 atom stereocenters. The Kier molecular flexibility index (Phi) is 4.99. The Hall–Kier alpha value is -1.80. The topological polar surface area (TPSA) is 21.3 Å². The summed E-state index contributed by atoms with van der Waals surface area (Å²) < 4.78 is 5.66. The maximum Gasteiger partial charge on any atom is 0.119 e. The van der Waals surface area contributed by atoms with Gasteiger partial charge in [0.15, 0.2) is 0 Å². The predicted octanol–water partition coefficient (Wildman–Crippen LogP) is 3.72. The first-order valence-electron chi connectivity index (χ1n) is 6.74. The Morgan fingerprint density at radius 3 is 2.42 bits per heavy atom. The summed E-state index contributed by atoms with van der Waals surface area (Å²) in [5.41, 5.74) is 2.67. The molecule has 0 saturated carbocycles. The molecule has 0 aliphatic carbocycles. The van der Waals surface area contributed by atoms with Crippen molar-refractivity contribution in [1.82, 2.24) is 5.32 Å². The zero-order valence-corrected chi connectivity index (χ0v) is 11.6. The van der Waals surface area contributed by atoms with Gasteiger partial charge in [-0.25, -0.2) is 0 Å². The molecule has 2 aromatic carbocycles. The van der Waals surface area contributed by atoms with Crippen LogP contribution in [-0.2, 0) is 0 Å². The Labute approximate surface area is 115 Å². The largest absolute Gasteiger partial charge is 0.492 e. The minimum absolute atomic E-state index is 0.348. The van der Waals surface area contributed by atoms with Gasteiger partial charge < -0.3 is 10.1 Å². The second-order valence-electron chi connectivity index (χ2n) is 4.69. The molecule has 2 aromatic rings. The van der Waals surface area contributed by atoms with E-state index in [1.807, 2.05) is 30.3 Å². The summed E-state index contributed by atoms with van der Waals surface area (Å²) in [7, 11) is 0. The van der Waals surface area contributed by atoms with Crippen molar-refractivity contribution in [1.29, 1.82) is 0 Å². The third kappa shape index (κ3) is 4.11. The number of hydrogen-bond acceptors (Lipinski definition) is 2. The number of para-hydroxylation sites is 1. The van der Waals surface area contributed by atoms with Gasteiger partial charge in [0.25, 0.3) is 0 Å².